The van der Waals surface area contributed by atoms with Gasteiger partial charge < -0.3 is 10.2 Å². The number of nitrogens with zero attached hydrogens (tertiary/aromatic N) is 4. The molecule has 0 spiro atoms. The van der Waals surface area contributed by atoms with E-state index >= 15 is 0 Å². The van der Waals surface area contributed by atoms with Gasteiger partial charge in [-0.2, -0.15) is 10.5 Å². The first-order valence-electron chi connectivity index (χ1n) is 8.69. The van der Waals surface area contributed by atoms with Gasteiger partial charge in [0.25, 0.3) is 0 Å². The minimum Gasteiger partial charge on any atom is -0.379 e. The lowest BCUT2D eigenvalue weighted by atomic mass is 10.1. The van der Waals surface area contributed by atoms with E-state index in [1.54, 1.807) is 18.2 Å². The summed E-state index contributed by atoms with van der Waals surface area (Å²) >= 11 is 0. The van der Waals surface area contributed by atoms with Gasteiger partial charge in [-0.3, -0.25) is 0 Å². The Bertz CT molecular complexity index is 758. The van der Waals surface area contributed by atoms with Gasteiger partial charge in [-0.1, -0.05) is 25.0 Å². The summed E-state index contributed by atoms with van der Waals surface area (Å²) in [6.45, 7) is 2.68. The van der Waals surface area contributed by atoms with E-state index in [1.165, 1.54) is 25.7 Å². The van der Waals surface area contributed by atoms with Gasteiger partial charge in [0, 0.05) is 25.8 Å². The zero-order chi connectivity index (χ0) is 17.5. The Morgan fingerprint density at radius 2 is 1.64 bits per heavy atom. The number of anilines is 2. The van der Waals surface area contributed by atoms with E-state index in [2.05, 4.69) is 39.5 Å². The number of aromatic nitrogens is 1. The van der Waals surface area contributed by atoms with Crippen LogP contribution in [0.2, 0.25) is 0 Å². The molecule has 0 amide bonds. The van der Waals surface area contributed by atoms with Gasteiger partial charge in [0.1, 0.15) is 18.0 Å². The first kappa shape index (κ1) is 16.8. The topological polar surface area (TPSA) is 75.7 Å². The lowest BCUT2D eigenvalue weighted by Gasteiger charge is -2.21. The number of nitrogens with one attached hydrogen (secondary N) is 1. The number of hydrogen-bond acceptors (Lipinski definition) is 5. The molecule has 1 N–H and O–H groups in total. The third-order valence-electron chi connectivity index (χ3n) is 4.51. The molecule has 0 atom stereocenters. The average Bonchev–Trinajstić information content (AvgIpc) is 2.96. The van der Waals surface area contributed by atoms with Crippen molar-refractivity contribution in [3.63, 3.8) is 0 Å². The summed E-state index contributed by atoms with van der Waals surface area (Å²) in [4.78, 5) is 6.95. The largest absolute Gasteiger partial charge is 0.379 e. The van der Waals surface area contributed by atoms with Crippen molar-refractivity contribution in [2.75, 3.05) is 23.3 Å². The molecule has 2 heterocycles. The summed E-state index contributed by atoms with van der Waals surface area (Å²) in [5.41, 5.74) is 2.57. The van der Waals surface area contributed by atoms with Gasteiger partial charge in [0.15, 0.2) is 0 Å². The van der Waals surface area contributed by atoms with Crippen molar-refractivity contribution >= 4 is 11.5 Å². The molecular weight excluding hydrogens is 310 g/mol. The fourth-order valence-electron chi connectivity index (χ4n) is 3.13. The number of nitriles is 2. The third-order valence-corrected chi connectivity index (χ3v) is 4.51. The molecule has 0 saturated carbocycles. The Kier molecular flexibility index (Phi) is 5.49. The van der Waals surface area contributed by atoms with E-state index < -0.39 is 0 Å². The molecule has 1 saturated heterocycles. The molecule has 1 aromatic heterocycles. The fraction of sp³-hybridized carbons (Fsp3) is 0.350. The molecule has 1 fully saturated rings. The first-order chi connectivity index (χ1) is 12.3. The summed E-state index contributed by atoms with van der Waals surface area (Å²) in [6, 6.07) is 13.5. The van der Waals surface area contributed by atoms with Crippen LogP contribution >= 0.6 is 0 Å². The monoisotopic (exact) mass is 331 g/mol. The highest BCUT2D eigenvalue weighted by atomic mass is 15.2. The van der Waals surface area contributed by atoms with Crippen LogP contribution < -0.4 is 10.2 Å². The van der Waals surface area contributed by atoms with E-state index in [0.29, 0.717) is 23.4 Å². The molecule has 0 radical (unpaired) electrons. The van der Waals surface area contributed by atoms with Crippen molar-refractivity contribution in [3.05, 3.63) is 53.2 Å². The molecule has 25 heavy (non-hydrogen) atoms. The summed E-state index contributed by atoms with van der Waals surface area (Å²) in [5.74, 6) is 1.03. The van der Waals surface area contributed by atoms with Gasteiger partial charge >= 0.3 is 0 Å². The molecule has 126 valence electrons. The van der Waals surface area contributed by atoms with Crippen LogP contribution in [0.5, 0.6) is 0 Å². The smallest absolute Gasteiger partial charge is 0.128 e. The highest BCUT2D eigenvalue weighted by molar-refractivity contribution is 5.66. The molecule has 5 nitrogen and oxygen atoms in total. The van der Waals surface area contributed by atoms with Crippen molar-refractivity contribution in [1.82, 2.24) is 4.98 Å². The Morgan fingerprint density at radius 3 is 2.20 bits per heavy atom. The number of para-hydroxylation sites is 1. The average molecular weight is 331 g/mol. The Balaban J connectivity index is 1.69. The first-order valence-corrected chi connectivity index (χ1v) is 8.69. The lowest BCUT2D eigenvalue weighted by molar-refractivity contribution is 0.726. The van der Waals surface area contributed by atoms with Crippen molar-refractivity contribution < 1.29 is 0 Å². The van der Waals surface area contributed by atoms with Crippen LogP contribution in [-0.4, -0.2) is 18.1 Å². The van der Waals surface area contributed by atoms with Crippen LogP contribution in [0.1, 0.15) is 42.4 Å². The summed E-state index contributed by atoms with van der Waals surface area (Å²) in [7, 11) is 0. The number of pyridine rings is 1. The minimum atomic E-state index is 0.480. The van der Waals surface area contributed by atoms with Crippen molar-refractivity contribution in [2.24, 2.45) is 0 Å². The molecule has 3 rings (SSSR count). The van der Waals surface area contributed by atoms with E-state index in [0.717, 1.165) is 24.5 Å². The third kappa shape index (κ3) is 4.08. The molecular formula is C20H21N5. The van der Waals surface area contributed by atoms with E-state index in [9.17, 15) is 10.5 Å². The predicted molar refractivity (Wildman–Crippen MR) is 98.1 cm³/mol. The summed E-state index contributed by atoms with van der Waals surface area (Å²) in [6.07, 6.45) is 6.93. The Morgan fingerprint density at radius 1 is 0.960 bits per heavy atom. The lowest BCUT2D eigenvalue weighted by Crippen LogP contribution is -2.24. The normalized spacial score (nSPS) is 14.2. The Labute approximate surface area is 148 Å². The second-order valence-corrected chi connectivity index (χ2v) is 6.23. The fourth-order valence-corrected chi connectivity index (χ4v) is 3.13. The van der Waals surface area contributed by atoms with Crippen LogP contribution in [0.15, 0.2) is 36.5 Å². The Hall–Kier alpha value is -3.05. The van der Waals surface area contributed by atoms with Crippen LogP contribution in [-0.2, 0) is 6.54 Å². The van der Waals surface area contributed by atoms with Crippen molar-refractivity contribution in [1.29, 1.82) is 10.5 Å². The summed E-state index contributed by atoms with van der Waals surface area (Å²) in [5, 5.41) is 21.7. The van der Waals surface area contributed by atoms with E-state index in [-0.39, 0.29) is 0 Å². The maximum atomic E-state index is 9.22. The SMILES string of the molecule is N#Cc1cccc(C#N)c1NCc1ccc(N2CCCCCC2)nc1. The molecule has 2 aromatic rings. The second-order valence-electron chi connectivity index (χ2n) is 6.23. The van der Waals surface area contributed by atoms with Gasteiger partial charge in [0.2, 0.25) is 0 Å². The predicted octanol–water partition coefficient (Wildman–Crippen LogP) is 3.82. The maximum Gasteiger partial charge on any atom is 0.128 e. The zero-order valence-corrected chi connectivity index (χ0v) is 14.2. The van der Waals surface area contributed by atoms with Crippen molar-refractivity contribution in [3.8, 4) is 12.1 Å². The quantitative estimate of drug-likeness (QED) is 0.922. The van der Waals surface area contributed by atoms with Crippen molar-refractivity contribution in [2.45, 2.75) is 32.2 Å². The van der Waals surface area contributed by atoms with Crippen LogP contribution in [0.4, 0.5) is 11.5 Å². The molecule has 0 bridgehead atoms. The van der Waals surface area contributed by atoms with Gasteiger partial charge in [0.05, 0.1) is 16.8 Å². The number of rotatable bonds is 4. The molecule has 5 heteroatoms. The molecule has 1 aliphatic rings. The maximum absolute atomic E-state index is 9.22. The standard InChI is InChI=1S/C20H21N5/c21-12-17-6-5-7-18(13-22)20(17)24-15-16-8-9-19(23-14-16)25-10-3-1-2-4-11-25/h5-9,14,24H,1-4,10-11,15H2. The highest BCUT2D eigenvalue weighted by Gasteiger charge is 2.11. The van der Waals surface area contributed by atoms with E-state index in [4.69, 9.17) is 0 Å². The highest BCUT2D eigenvalue weighted by Crippen LogP contribution is 2.21. The van der Waals surface area contributed by atoms with Crippen LogP contribution in [0, 0.1) is 22.7 Å². The molecule has 1 aromatic carbocycles. The second kappa shape index (κ2) is 8.17. The summed E-state index contributed by atoms with van der Waals surface area (Å²) < 4.78 is 0. The molecule has 1 aliphatic heterocycles. The van der Waals surface area contributed by atoms with Gasteiger partial charge in [-0.15, -0.1) is 0 Å². The minimum absolute atomic E-state index is 0.480. The van der Waals surface area contributed by atoms with Gasteiger partial charge in [-0.25, -0.2) is 4.98 Å². The van der Waals surface area contributed by atoms with Crippen LogP contribution in [0.25, 0.3) is 0 Å². The number of benzene rings is 1. The molecule has 0 aliphatic carbocycles. The van der Waals surface area contributed by atoms with Gasteiger partial charge in [-0.05, 0) is 36.6 Å². The molecule has 0 unspecified atom stereocenters. The zero-order valence-electron chi connectivity index (χ0n) is 14.2. The number of hydrogen-bond donors (Lipinski definition) is 1. The van der Waals surface area contributed by atoms with E-state index in [1.807, 2.05) is 6.20 Å². The van der Waals surface area contributed by atoms with Crippen LogP contribution in [0.3, 0.4) is 0 Å².